The minimum absolute atomic E-state index is 0.0346. The zero-order valence-corrected chi connectivity index (χ0v) is 26.7. The first kappa shape index (κ1) is 29.1. The lowest BCUT2D eigenvalue weighted by atomic mass is 9.68. The zero-order valence-electron chi connectivity index (χ0n) is 25.1. The van der Waals surface area contributed by atoms with Crippen molar-refractivity contribution in [1.29, 1.82) is 0 Å². The normalized spacial score (nSPS) is 27.3. The summed E-state index contributed by atoms with van der Waals surface area (Å²) in [6.07, 6.45) is 0.830. The summed E-state index contributed by atoms with van der Waals surface area (Å²) in [6, 6.07) is 22.3. The van der Waals surface area contributed by atoms with Gasteiger partial charge in [0.1, 0.15) is 11.5 Å². The van der Waals surface area contributed by atoms with Gasteiger partial charge in [-0.2, -0.15) is 0 Å². The summed E-state index contributed by atoms with van der Waals surface area (Å²) in [4.78, 5) is 58.2. The molecule has 234 valence electrons. The first-order valence-corrected chi connectivity index (χ1v) is 17.0. The number of methoxy groups -OCH3 is 1. The van der Waals surface area contributed by atoms with E-state index in [1.54, 1.807) is 43.1 Å². The van der Waals surface area contributed by atoms with Gasteiger partial charge in [0, 0.05) is 21.7 Å². The van der Waals surface area contributed by atoms with Crippen molar-refractivity contribution in [3.8, 4) is 11.5 Å². The van der Waals surface area contributed by atoms with E-state index in [0.717, 1.165) is 27.5 Å². The fourth-order valence-corrected chi connectivity index (χ4v) is 11.0. The highest BCUT2D eigenvalue weighted by atomic mass is 32.2. The molecule has 2 bridgehead atoms. The molecule has 11 heteroatoms. The Hall–Kier alpha value is -4.35. The number of fused-ring (bicyclic) bond motifs is 9. The molecular weight excluding hydrogens is 623 g/mol. The summed E-state index contributed by atoms with van der Waals surface area (Å²) in [5.74, 6) is 0.196. The van der Waals surface area contributed by atoms with Crippen LogP contribution in [0.15, 0.2) is 82.6 Å². The van der Waals surface area contributed by atoms with E-state index in [4.69, 9.17) is 9.47 Å². The number of thioether (sulfide) groups is 1. The second-order valence-corrected chi connectivity index (χ2v) is 14.6. The van der Waals surface area contributed by atoms with Crippen LogP contribution in [0.1, 0.15) is 28.3 Å². The Morgan fingerprint density at radius 2 is 1.59 bits per heavy atom. The van der Waals surface area contributed by atoms with Crippen molar-refractivity contribution in [3.63, 3.8) is 0 Å². The fourth-order valence-electron chi connectivity index (χ4n) is 8.13. The highest BCUT2D eigenvalue weighted by Crippen LogP contribution is 2.68. The van der Waals surface area contributed by atoms with Crippen LogP contribution < -0.4 is 24.6 Å². The number of amides is 3. The third kappa shape index (κ3) is 4.67. The maximum Gasteiger partial charge on any atom is 0.305 e. The van der Waals surface area contributed by atoms with Crippen molar-refractivity contribution < 1.29 is 23.9 Å². The molecule has 2 N–H and O–H groups in total. The minimum atomic E-state index is -0.354. The number of ether oxygens (including phenoxy) is 2. The monoisotopic (exact) mass is 653 g/mol. The first-order chi connectivity index (χ1) is 22.3. The molecule has 2 saturated carbocycles. The van der Waals surface area contributed by atoms with Gasteiger partial charge in [-0.1, -0.05) is 41.2 Å². The number of aromatic nitrogens is 1. The van der Waals surface area contributed by atoms with Gasteiger partial charge >= 0.3 is 4.87 Å². The zero-order chi connectivity index (χ0) is 31.7. The van der Waals surface area contributed by atoms with Crippen LogP contribution in [0.4, 0.5) is 11.4 Å². The van der Waals surface area contributed by atoms with Crippen molar-refractivity contribution in [1.82, 2.24) is 4.98 Å². The molecule has 2 aliphatic heterocycles. The Labute approximate surface area is 273 Å². The number of hydrogen-bond donors (Lipinski definition) is 2. The molecule has 46 heavy (non-hydrogen) atoms. The lowest BCUT2D eigenvalue weighted by molar-refractivity contribution is -0.123. The molecule has 4 aliphatic rings. The number of thiazole rings is 1. The topological polar surface area (TPSA) is 118 Å². The van der Waals surface area contributed by atoms with E-state index in [1.165, 1.54) is 16.2 Å². The number of carbonyl (C=O) groups excluding carboxylic acids is 3. The molecule has 3 heterocycles. The number of rotatable bonds is 7. The van der Waals surface area contributed by atoms with E-state index in [0.29, 0.717) is 22.9 Å². The van der Waals surface area contributed by atoms with Crippen LogP contribution in [0, 0.1) is 36.5 Å². The molecule has 0 spiro atoms. The van der Waals surface area contributed by atoms with E-state index < -0.39 is 0 Å². The predicted octanol–water partition coefficient (Wildman–Crippen LogP) is 5.45. The molecule has 3 amide bonds. The largest absolute Gasteiger partial charge is 0.497 e. The average Bonchev–Trinajstić information content (AvgIpc) is 3.80. The number of benzene rings is 3. The van der Waals surface area contributed by atoms with Crippen LogP contribution >= 0.6 is 23.1 Å². The van der Waals surface area contributed by atoms with E-state index >= 15 is 0 Å². The van der Waals surface area contributed by atoms with Crippen molar-refractivity contribution in [3.05, 3.63) is 98.5 Å². The second kappa shape index (κ2) is 11.2. The minimum Gasteiger partial charge on any atom is -0.497 e. The molecule has 0 unspecified atom stereocenters. The number of anilines is 2. The van der Waals surface area contributed by atoms with Gasteiger partial charge in [-0.15, -0.1) is 11.8 Å². The number of nitrogens with one attached hydrogen (secondary N) is 2. The maximum atomic E-state index is 13.9. The Kier molecular flexibility index (Phi) is 7.06. The SMILES string of the molecule is COc1ccc(NC(=O)COc2ccc([C@@H]3c4sc(=O)[nH]c4S[C@@H]4[C@@H]5C[C@@H]([C@@H]6C(=O)N(c7ccc(C)cc7)C(=O)[C@@H]56)[C@H]34)cc2)cc1. The number of H-pyrrole nitrogens is 1. The Bertz CT molecular complexity index is 1900. The summed E-state index contributed by atoms with van der Waals surface area (Å²) in [6.45, 7) is 1.83. The van der Waals surface area contributed by atoms with Crippen molar-refractivity contribution >= 4 is 52.2 Å². The van der Waals surface area contributed by atoms with Crippen LogP contribution in [0.2, 0.25) is 0 Å². The van der Waals surface area contributed by atoms with Crippen LogP contribution in [-0.4, -0.2) is 41.7 Å². The third-order valence-electron chi connectivity index (χ3n) is 10.00. The van der Waals surface area contributed by atoms with Crippen LogP contribution in [0.5, 0.6) is 11.5 Å². The van der Waals surface area contributed by atoms with Crippen LogP contribution in [-0.2, 0) is 14.4 Å². The summed E-state index contributed by atoms with van der Waals surface area (Å²) in [7, 11) is 1.59. The molecule has 7 atom stereocenters. The van der Waals surface area contributed by atoms with Crippen LogP contribution in [0.3, 0.4) is 0 Å². The van der Waals surface area contributed by atoms with Crippen molar-refractivity contribution in [2.24, 2.45) is 29.6 Å². The number of aryl methyl sites for hydroxylation is 1. The number of imide groups is 1. The Morgan fingerprint density at radius 3 is 2.28 bits per heavy atom. The van der Waals surface area contributed by atoms with Crippen LogP contribution in [0.25, 0.3) is 0 Å². The molecular formula is C35H31N3O6S2. The number of nitrogens with zero attached hydrogens (tertiary/aromatic N) is 1. The van der Waals surface area contributed by atoms with Gasteiger partial charge in [-0.05, 0) is 85.2 Å². The molecule has 8 rings (SSSR count). The average molecular weight is 654 g/mol. The highest BCUT2D eigenvalue weighted by molar-refractivity contribution is 8.00. The molecule has 2 aliphatic carbocycles. The summed E-state index contributed by atoms with van der Waals surface area (Å²) in [5, 5.41) is 3.79. The van der Waals surface area contributed by atoms with Gasteiger partial charge in [0.05, 0.1) is 29.7 Å². The van der Waals surface area contributed by atoms with Gasteiger partial charge in [-0.25, -0.2) is 0 Å². The van der Waals surface area contributed by atoms with Gasteiger partial charge in [0.2, 0.25) is 11.8 Å². The van der Waals surface area contributed by atoms with Crippen molar-refractivity contribution in [2.75, 3.05) is 23.9 Å². The summed E-state index contributed by atoms with van der Waals surface area (Å²) in [5.41, 5.74) is 3.38. The first-order valence-electron chi connectivity index (χ1n) is 15.3. The van der Waals surface area contributed by atoms with Gasteiger partial charge < -0.3 is 19.8 Å². The third-order valence-corrected chi connectivity index (χ3v) is 12.6. The molecule has 1 saturated heterocycles. The molecule has 3 fully saturated rings. The quantitative estimate of drug-likeness (QED) is 0.255. The number of hydrogen-bond acceptors (Lipinski definition) is 8. The van der Waals surface area contributed by atoms with E-state index in [2.05, 4.69) is 10.3 Å². The highest BCUT2D eigenvalue weighted by Gasteiger charge is 2.69. The molecule has 9 nitrogen and oxygen atoms in total. The van der Waals surface area contributed by atoms with Gasteiger partial charge in [0.15, 0.2) is 6.61 Å². The van der Waals surface area contributed by atoms with Gasteiger partial charge in [-0.3, -0.25) is 24.1 Å². The predicted molar refractivity (Wildman–Crippen MR) is 176 cm³/mol. The lowest BCUT2D eigenvalue weighted by Crippen LogP contribution is -2.42. The Morgan fingerprint density at radius 1 is 0.913 bits per heavy atom. The van der Waals surface area contributed by atoms with E-state index in [-0.39, 0.29) is 70.0 Å². The summed E-state index contributed by atoms with van der Waals surface area (Å²) >= 11 is 2.90. The summed E-state index contributed by atoms with van der Waals surface area (Å²) < 4.78 is 11.0. The van der Waals surface area contributed by atoms with Crippen molar-refractivity contribution in [2.45, 2.75) is 29.5 Å². The van der Waals surface area contributed by atoms with E-state index in [9.17, 15) is 19.2 Å². The number of aromatic amines is 1. The number of carbonyl (C=O) groups is 3. The molecule has 3 aromatic carbocycles. The standard InChI is InChI=1S/C35H31N3O6S2/c1-17-3-9-20(10-4-17)38-33(40)28-23-15-24(29(28)34(38)41)30-27(23)26(31-32(45-30)37-35(42)46-31)18-5-11-22(12-6-18)44-16-25(39)36-19-7-13-21(43-2)14-8-19/h3-14,23-24,26-30H,15-16H2,1-2H3,(H,36,39)(H,37,42)/t23-,24-,26+,27-,28+,29+,30-/m1/s1. The smallest absolute Gasteiger partial charge is 0.305 e. The molecule has 4 aromatic rings. The fraction of sp³-hybridized carbons (Fsp3) is 0.314. The lowest BCUT2D eigenvalue weighted by Gasteiger charge is -2.43. The molecule has 0 radical (unpaired) electrons. The second-order valence-electron chi connectivity index (χ2n) is 12.4. The Balaban J connectivity index is 1.04. The van der Waals surface area contributed by atoms with E-state index in [1.807, 2.05) is 55.5 Å². The maximum absolute atomic E-state index is 13.9. The molecule has 1 aromatic heterocycles. The van der Waals surface area contributed by atoms with Gasteiger partial charge in [0.25, 0.3) is 5.91 Å².